The van der Waals surface area contributed by atoms with Gasteiger partial charge < -0.3 is 83.3 Å². The fourth-order valence-corrected chi connectivity index (χ4v) is 9.03. The predicted molar refractivity (Wildman–Crippen MR) is 422 cm³/mol. The molecule has 0 spiro atoms. The second kappa shape index (κ2) is 46.7. The molecule has 5 N–H and O–H groups in total. The molecule has 0 fully saturated rings. The number of nitrogens with one attached hydrogen (secondary N) is 1. The lowest BCUT2D eigenvalue weighted by atomic mass is 10.2. The molecule has 8 heterocycles. The number of phenolic OH excluding ortho intramolecular Hbond substituents is 1. The maximum atomic E-state index is 12.3. The summed E-state index contributed by atoms with van der Waals surface area (Å²) in [7, 11) is 2.57. The number of anilines is 2. The first-order valence-electron chi connectivity index (χ1n) is 32.2. The predicted octanol–water partition coefficient (Wildman–Crippen LogP) is 16.0. The average molecular weight is 1680 g/mol. The number of carbonyl (C=O) groups is 4. The van der Waals surface area contributed by atoms with Crippen LogP contribution in [0.4, 0.5) is 23.3 Å². The van der Waals surface area contributed by atoms with Crippen LogP contribution in [0.25, 0.3) is 0 Å². The minimum Gasteiger partial charge on any atom is -0.508 e. The lowest BCUT2D eigenvalue weighted by molar-refractivity contribution is -0.389. The number of methoxy groups -OCH3 is 2. The van der Waals surface area contributed by atoms with Crippen molar-refractivity contribution in [2.24, 2.45) is 0 Å². The Bertz CT molecular complexity index is 5340. The van der Waals surface area contributed by atoms with Crippen LogP contribution in [0.15, 0.2) is 272 Å². The van der Waals surface area contributed by atoms with Gasteiger partial charge in [-0.1, -0.05) is 70.7 Å². The van der Waals surface area contributed by atoms with Crippen LogP contribution in [0.1, 0.15) is 62.2 Å². The molecule has 0 aliphatic rings. The minimum atomic E-state index is -1.02. The lowest BCUT2D eigenvalue weighted by Crippen LogP contribution is -2.21. The summed E-state index contributed by atoms with van der Waals surface area (Å²) in [5, 5.41) is 42.8. The third-order valence-corrected chi connectivity index (χ3v) is 14.9. The number of phenols is 1. The summed E-state index contributed by atoms with van der Waals surface area (Å²) >= 11 is 26.1. The Kier molecular flexibility index (Phi) is 37.2. The van der Waals surface area contributed by atoms with Crippen molar-refractivity contribution in [3.8, 4) is 40.2 Å². The summed E-state index contributed by atoms with van der Waals surface area (Å²) in [6, 6.07) is 50.7. The lowest BCUT2D eigenvalue weighted by Gasteiger charge is -2.08. The number of amides is 1. The van der Waals surface area contributed by atoms with Crippen LogP contribution < -0.4 is 47.6 Å². The molecule has 0 atom stereocenters. The van der Waals surface area contributed by atoms with Crippen LogP contribution in [0.5, 0.6) is 40.2 Å². The number of ether oxygens (including phenoxy) is 5. The van der Waals surface area contributed by atoms with Crippen molar-refractivity contribution in [1.82, 2.24) is 33.6 Å². The van der Waals surface area contributed by atoms with E-state index in [4.69, 9.17) is 76.6 Å². The fourth-order valence-electron chi connectivity index (χ4n) is 8.07. The van der Waals surface area contributed by atoms with E-state index in [1.807, 2.05) is 26.0 Å². The van der Waals surface area contributed by atoms with Crippen LogP contribution in [-0.2, 0) is 29.1 Å². The van der Waals surface area contributed by atoms with Crippen molar-refractivity contribution >= 4 is 109 Å². The van der Waals surface area contributed by atoms with E-state index < -0.39 is 33.4 Å². The highest BCUT2D eigenvalue weighted by molar-refractivity contribution is 9.10. The van der Waals surface area contributed by atoms with Crippen molar-refractivity contribution in [3.63, 3.8) is 0 Å². The number of aromatic hydroxyl groups is 1. The molecule has 0 aliphatic carbocycles. The molecular weight excluding hydrogens is 1610 g/mol. The van der Waals surface area contributed by atoms with Gasteiger partial charge in [0.05, 0.1) is 53.3 Å². The highest BCUT2D eigenvalue weighted by Crippen LogP contribution is 2.27. The summed E-state index contributed by atoms with van der Waals surface area (Å²) in [6.07, 6.45) is 11.2. The monoisotopic (exact) mass is 1670 g/mol. The molecule has 31 nitrogen and oxygen atoms in total. The van der Waals surface area contributed by atoms with Gasteiger partial charge in [-0.15, -0.1) is 0 Å². The molecule has 0 saturated heterocycles. The maximum absolute atomic E-state index is 12.3. The fraction of sp³-hybridized carbons (Fsp3) is 0.105. The van der Waals surface area contributed by atoms with Gasteiger partial charge in [-0.2, -0.15) is 0 Å². The number of carboxylic acid groups (broad SMARTS) is 1. The number of halogens is 5. The van der Waals surface area contributed by atoms with Crippen LogP contribution >= 0.6 is 62.3 Å². The highest BCUT2D eigenvalue weighted by Gasteiger charge is 2.13. The third-order valence-electron chi connectivity index (χ3n) is 13.5. The smallest absolute Gasteiger partial charge is 0.363 e. The summed E-state index contributed by atoms with van der Waals surface area (Å²) in [6.45, 7) is 6.98. The van der Waals surface area contributed by atoms with Crippen molar-refractivity contribution in [1.29, 1.82) is 0 Å². The van der Waals surface area contributed by atoms with Crippen molar-refractivity contribution in [3.05, 3.63) is 352 Å². The number of esters is 2. The maximum Gasteiger partial charge on any atom is 0.363 e. The second-order valence-electron chi connectivity index (χ2n) is 21.4. The van der Waals surface area contributed by atoms with Crippen LogP contribution in [0, 0.1) is 20.2 Å². The van der Waals surface area contributed by atoms with E-state index in [0.717, 1.165) is 16.8 Å². The Morgan fingerprint density at radius 3 is 1.26 bits per heavy atom. The number of rotatable bonds is 16. The zero-order valence-corrected chi connectivity index (χ0v) is 64.1. The van der Waals surface area contributed by atoms with Gasteiger partial charge in [0.25, 0.3) is 22.6 Å². The number of carbonyl (C=O) groups excluding carboxylic acids is 3. The summed E-state index contributed by atoms with van der Waals surface area (Å²) in [5.74, 6) is 1.77. The first-order valence-corrected chi connectivity index (χ1v) is 34.5. The zero-order chi connectivity index (χ0) is 82.2. The largest absolute Gasteiger partial charge is 0.508 e. The SMILES string of the molecule is CCn1cc(C(=O)Nc2ccc(Oc3cccc(Cl)c3)cn2)ccc1=O.CCn1cc(C(=O)O)ccc1=O.CCn1cc(C(=O)OC)ccc1=O.COC(=O)c1ccc(=O)oc1.Nc1ccc(Oc2cccc(Cl)c2)cn1.O=[N+]([O-])c1ccc(Br)cn1.O=[N+]([O-])c1ccc(Oc2cccc(Cl)c2)cn1.Oc1cccc(Cl)c1. The zero-order valence-electron chi connectivity index (χ0n) is 59.5. The Balaban J connectivity index is 0.000000235. The molecule has 580 valence electrons. The number of carboxylic acids is 1. The molecule has 8 aromatic heterocycles. The van der Waals surface area contributed by atoms with Crippen LogP contribution in [0.2, 0.25) is 20.1 Å². The van der Waals surface area contributed by atoms with E-state index in [2.05, 4.69) is 55.1 Å². The molecule has 0 radical (unpaired) electrons. The number of aryl methyl sites for hydroxylation is 3. The van der Waals surface area contributed by atoms with Crippen molar-refractivity contribution < 1.29 is 67.3 Å². The van der Waals surface area contributed by atoms with Gasteiger partial charge in [-0.3, -0.25) is 19.2 Å². The second-order valence-corrected chi connectivity index (χ2v) is 24.0. The molecule has 4 aromatic carbocycles. The Hall–Kier alpha value is -13.4. The molecule has 0 bridgehead atoms. The Morgan fingerprint density at radius 2 is 0.893 bits per heavy atom. The number of hydrogen-bond acceptors (Lipinski definition) is 24. The van der Waals surface area contributed by atoms with E-state index in [0.29, 0.717) is 97.0 Å². The minimum absolute atomic E-state index is 0.116. The molecule has 0 saturated carbocycles. The molecule has 0 aliphatic heterocycles. The number of benzene rings is 4. The first kappa shape index (κ1) is 89.2. The number of aromatic carboxylic acids is 1. The van der Waals surface area contributed by atoms with Crippen LogP contribution in [-0.4, -0.2) is 91.7 Å². The number of aromatic nitrogens is 7. The normalized spacial score (nSPS) is 9.80. The van der Waals surface area contributed by atoms with E-state index in [9.17, 15) is 58.6 Å². The molecule has 112 heavy (non-hydrogen) atoms. The molecule has 12 rings (SSSR count). The van der Waals surface area contributed by atoms with Gasteiger partial charge in [-0.05, 0) is 190 Å². The van der Waals surface area contributed by atoms with Gasteiger partial charge >= 0.3 is 35.2 Å². The number of nitrogens with zero attached hydrogens (tertiary/aromatic N) is 9. The summed E-state index contributed by atoms with van der Waals surface area (Å²) < 4.78 is 34.9. The Morgan fingerprint density at radius 1 is 0.491 bits per heavy atom. The number of pyridine rings is 7. The van der Waals surface area contributed by atoms with Gasteiger partial charge in [-0.25, -0.2) is 29.1 Å². The van der Waals surface area contributed by atoms with Crippen molar-refractivity contribution in [2.75, 3.05) is 25.3 Å². The molecule has 12 aromatic rings. The number of nitro groups is 2. The van der Waals surface area contributed by atoms with Gasteiger partial charge in [0, 0.05) is 94.7 Å². The topological polar surface area (TPSA) is 427 Å². The molecule has 36 heteroatoms. The third kappa shape index (κ3) is 32.2. The van der Waals surface area contributed by atoms with E-state index in [1.54, 1.807) is 122 Å². The number of hydrogen-bond donors (Lipinski definition) is 4. The highest BCUT2D eigenvalue weighted by atomic mass is 79.9. The van der Waals surface area contributed by atoms with E-state index in [-0.39, 0.29) is 51.1 Å². The molecular formula is C76H66BrCl4N11O20. The van der Waals surface area contributed by atoms with Crippen LogP contribution in [0.3, 0.4) is 0 Å². The van der Waals surface area contributed by atoms with Gasteiger partial charge in [0.1, 0.15) is 52.4 Å². The number of nitrogen functional groups attached to an aromatic ring is 1. The Labute approximate surface area is 664 Å². The van der Waals surface area contributed by atoms with Gasteiger partial charge in [0.15, 0.2) is 18.1 Å². The average Bonchev–Trinajstić information content (AvgIpc) is 0.843. The standard InChI is InChI=1S/C19H16ClN3O3.C11H7ClN2O3.C11H9ClN2O.C9H11NO3.C8H9NO3.C7H6O4.C6H5ClO.C5H3BrN2O2/c1-2-23-12-13(6-9-18(23)24)19(25)22-17-8-7-16(11-21-17)26-15-5-3-4-14(20)10-15;12-8-2-1-3-9(6-8)17-10-4-5-11(13-7-10)14(15)16;12-8-2-1-3-9(6-8)15-10-4-5-11(13)14-7-10;1-3-10-6-7(9(12)13-2)4-5-8(10)11;1-2-9-5-6(8(11)12)3-4-7(9)10;1-10-7(9)5-2-3-6(8)11-4-5;7-5-2-1-3-6(8)4-5;6-4-1-2-5(7-3-4)8(9)10/h3-12H,2H2,1H3,(H,21,22,25);1-7H;1-7H,(H2,13,14);4-6H,3H2,1-2H3;3-5H,2H2,1H3,(H,11,12);2-4H,1H3;1-4,8H;1-3H. The molecule has 0 unspecified atom stereocenters. The number of nitrogens with two attached hydrogens (primary N) is 1. The quantitative estimate of drug-likeness (QED) is 0.0396. The summed E-state index contributed by atoms with van der Waals surface area (Å²) in [5.41, 5.74) is 5.66. The summed E-state index contributed by atoms with van der Waals surface area (Å²) in [4.78, 5) is 123. The van der Waals surface area contributed by atoms with E-state index >= 15 is 0 Å². The van der Waals surface area contributed by atoms with Gasteiger partial charge in [0.2, 0.25) is 0 Å². The van der Waals surface area contributed by atoms with Crippen molar-refractivity contribution in [2.45, 2.75) is 40.4 Å². The first-order chi connectivity index (χ1) is 53.5. The molecule has 1 amide bonds. The van der Waals surface area contributed by atoms with E-state index in [1.165, 1.54) is 132 Å².